The highest BCUT2D eigenvalue weighted by Gasteiger charge is 2.62. The zero-order valence-corrected chi connectivity index (χ0v) is 15.5. The maximum Gasteiger partial charge on any atom is 0.312 e. The summed E-state index contributed by atoms with van der Waals surface area (Å²) >= 11 is 0. The van der Waals surface area contributed by atoms with Crippen LogP contribution in [-0.4, -0.2) is 23.3 Å². The molecule has 0 saturated heterocycles. The summed E-state index contributed by atoms with van der Waals surface area (Å²) in [7, 11) is 1.31. The third kappa shape index (κ3) is 2.00. The van der Waals surface area contributed by atoms with E-state index in [0.717, 1.165) is 5.56 Å². The average molecular weight is 352 g/mol. The number of carbonyl (C=O) groups excluding carboxylic acids is 1. The molecule has 3 atom stereocenters. The summed E-state index contributed by atoms with van der Waals surface area (Å²) in [5.41, 5.74) is 0.691. The fourth-order valence-electron chi connectivity index (χ4n) is 4.59. The van der Waals surface area contributed by atoms with E-state index in [-0.39, 0.29) is 11.8 Å². The minimum absolute atomic E-state index is 0.0913. The van der Waals surface area contributed by atoms with Crippen molar-refractivity contribution in [2.45, 2.75) is 43.8 Å². The molecule has 3 unspecified atom stereocenters. The predicted molar refractivity (Wildman–Crippen MR) is 97.7 cm³/mol. The van der Waals surface area contributed by atoms with Gasteiger partial charge in [-0.05, 0) is 33.2 Å². The van der Waals surface area contributed by atoms with Crippen molar-refractivity contribution >= 4 is 5.97 Å². The molecule has 0 fully saturated rings. The van der Waals surface area contributed by atoms with Crippen LogP contribution in [0.1, 0.15) is 55.0 Å². The highest BCUT2D eigenvalue weighted by molar-refractivity contribution is 5.79. The largest absolute Gasteiger partial charge is 0.469 e. The lowest BCUT2D eigenvalue weighted by Gasteiger charge is -2.54. The quantitative estimate of drug-likeness (QED) is 0.775. The number of fused-ring (bicyclic) bond motifs is 1. The Hall–Kier alpha value is -2.17. The van der Waals surface area contributed by atoms with E-state index in [2.05, 4.69) is 20.8 Å². The Morgan fingerprint density at radius 1 is 1.04 bits per heavy atom. The standard InChI is InChI=1S/C22H24O4/c1-20(2,3)13-9-10-16-17(11-13)21(24)12-18(19(23)26-4)22(16,25)15-8-6-5-7-14(15)21/h5-11,18,24-25H,12H2,1-4H3. The highest BCUT2D eigenvalue weighted by Crippen LogP contribution is 2.60. The van der Waals surface area contributed by atoms with Gasteiger partial charge in [0.15, 0.2) is 0 Å². The third-order valence-electron chi connectivity index (χ3n) is 6.01. The van der Waals surface area contributed by atoms with E-state index in [0.29, 0.717) is 22.3 Å². The molecule has 5 rings (SSSR count). The lowest BCUT2D eigenvalue weighted by Crippen LogP contribution is -2.57. The highest BCUT2D eigenvalue weighted by atomic mass is 16.5. The second-order valence-corrected chi connectivity index (χ2v) is 8.46. The van der Waals surface area contributed by atoms with Crippen molar-refractivity contribution in [2.24, 2.45) is 5.92 Å². The van der Waals surface area contributed by atoms with Crippen molar-refractivity contribution in [2.75, 3.05) is 7.11 Å². The molecular weight excluding hydrogens is 328 g/mol. The van der Waals surface area contributed by atoms with Crippen LogP contribution in [0, 0.1) is 5.92 Å². The SMILES string of the molecule is COC(=O)C1CC2(O)c3ccccc3C1(O)c1ccc(C(C)(C)C)cc12. The first-order valence-electron chi connectivity index (χ1n) is 8.92. The number of methoxy groups -OCH3 is 1. The predicted octanol–water partition coefficient (Wildman–Crippen LogP) is 2.96. The van der Waals surface area contributed by atoms with Crippen LogP contribution in [0.2, 0.25) is 0 Å². The Kier molecular flexibility index (Phi) is 3.44. The Morgan fingerprint density at radius 2 is 1.65 bits per heavy atom. The molecule has 4 heteroatoms. The number of hydrogen-bond donors (Lipinski definition) is 2. The summed E-state index contributed by atoms with van der Waals surface area (Å²) in [6.07, 6.45) is 0.105. The van der Waals surface area contributed by atoms with Gasteiger partial charge >= 0.3 is 5.97 Å². The molecule has 0 amide bonds. The Bertz CT molecular complexity index is 911. The molecule has 2 aromatic carbocycles. The fraction of sp³-hybridized carbons (Fsp3) is 0.409. The smallest absolute Gasteiger partial charge is 0.312 e. The second kappa shape index (κ2) is 5.18. The van der Waals surface area contributed by atoms with Crippen LogP contribution in [0.3, 0.4) is 0 Å². The molecule has 0 radical (unpaired) electrons. The monoisotopic (exact) mass is 352 g/mol. The van der Waals surface area contributed by atoms with Crippen LogP contribution in [-0.2, 0) is 26.1 Å². The Balaban J connectivity index is 2.05. The van der Waals surface area contributed by atoms with Crippen LogP contribution < -0.4 is 0 Å². The molecule has 3 aliphatic rings. The van der Waals surface area contributed by atoms with Gasteiger partial charge in [0.1, 0.15) is 11.2 Å². The van der Waals surface area contributed by atoms with Gasteiger partial charge in [-0.15, -0.1) is 0 Å². The normalized spacial score (nSPS) is 29.1. The van der Waals surface area contributed by atoms with E-state index in [4.69, 9.17) is 4.74 Å². The summed E-state index contributed by atoms with van der Waals surface area (Å²) in [5, 5.41) is 23.5. The van der Waals surface area contributed by atoms with E-state index >= 15 is 0 Å². The minimum atomic E-state index is -1.50. The molecule has 0 heterocycles. The Labute approximate surface area is 153 Å². The van der Waals surface area contributed by atoms with Crippen molar-refractivity contribution in [1.29, 1.82) is 0 Å². The van der Waals surface area contributed by atoms with E-state index < -0.39 is 23.1 Å². The second-order valence-electron chi connectivity index (χ2n) is 8.46. The third-order valence-corrected chi connectivity index (χ3v) is 6.01. The van der Waals surface area contributed by atoms with Gasteiger partial charge in [-0.3, -0.25) is 4.79 Å². The Morgan fingerprint density at radius 3 is 2.27 bits per heavy atom. The van der Waals surface area contributed by atoms with Gasteiger partial charge in [0.05, 0.1) is 13.0 Å². The number of ether oxygens (including phenoxy) is 1. The summed E-state index contributed by atoms with van der Waals surface area (Å²) in [5.74, 6) is -1.36. The number of carbonyl (C=O) groups is 1. The van der Waals surface area contributed by atoms with Gasteiger partial charge in [0, 0.05) is 6.42 Å². The average Bonchev–Trinajstić information content (AvgIpc) is 2.62. The maximum atomic E-state index is 12.5. The van der Waals surface area contributed by atoms with Crippen LogP contribution in [0.5, 0.6) is 0 Å². The van der Waals surface area contributed by atoms with E-state index in [1.807, 2.05) is 36.4 Å². The lowest BCUT2D eigenvalue weighted by molar-refractivity contribution is -0.164. The number of rotatable bonds is 1. The molecular formula is C22H24O4. The zero-order chi connectivity index (χ0) is 18.9. The fourth-order valence-corrected chi connectivity index (χ4v) is 4.59. The lowest BCUT2D eigenvalue weighted by atomic mass is 9.54. The first-order valence-corrected chi connectivity index (χ1v) is 8.92. The number of benzene rings is 2. The molecule has 3 aliphatic carbocycles. The number of esters is 1. The maximum absolute atomic E-state index is 12.5. The van der Waals surface area contributed by atoms with Crippen LogP contribution >= 0.6 is 0 Å². The molecule has 2 bridgehead atoms. The summed E-state index contributed by atoms with van der Waals surface area (Å²) < 4.78 is 4.95. The molecule has 26 heavy (non-hydrogen) atoms. The van der Waals surface area contributed by atoms with Crippen molar-refractivity contribution in [1.82, 2.24) is 0 Å². The van der Waals surface area contributed by atoms with E-state index in [1.165, 1.54) is 7.11 Å². The topological polar surface area (TPSA) is 66.8 Å². The molecule has 4 nitrogen and oxygen atoms in total. The van der Waals surface area contributed by atoms with Crippen LogP contribution in [0.25, 0.3) is 0 Å². The van der Waals surface area contributed by atoms with Gasteiger partial charge in [-0.2, -0.15) is 0 Å². The molecule has 136 valence electrons. The molecule has 2 aromatic rings. The van der Waals surface area contributed by atoms with Crippen LogP contribution in [0.4, 0.5) is 0 Å². The van der Waals surface area contributed by atoms with Crippen LogP contribution in [0.15, 0.2) is 42.5 Å². The van der Waals surface area contributed by atoms with E-state index in [9.17, 15) is 15.0 Å². The number of aliphatic hydroxyl groups is 2. The minimum Gasteiger partial charge on any atom is -0.469 e. The molecule has 2 N–H and O–H groups in total. The zero-order valence-electron chi connectivity index (χ0n) is 15.5. The first-order chi connectivity index (χ1) is 12.1. The van der Waals surface area contributed by atoms with Gasteiger partial charge in [-0.25, -0.2) is 0 Å². The van der Waals surface area contributed by atoms with Gasteiger partial charge in [0.25, 0.3) is 0 Å². The molecule has 0 saturated carbocycles. The summed E-state index contributed by atoms with van der Waals surface area (Å²) in [6, 6.07) is 13.1. The van der Waals surface area contributed by atoms with Gasteiger partial charge in [-0.1, -0.05) is 63.2 Å². The molecule has 0 spiro atoms. The van der Waals surface area contributed by atoms with Crippen molar-refractivity contribution < 1.29 is 19.7 Å². The molecule has 0 aromatic heterocycles. The van der Waals surface area contributed by atoms with Crippen molar-refractivity contribution in [3.63, 3.8) is 0 Å². The first kappa shape index (κ1) is 17.3. The van der Waals surface area contributed by atoms with Crippen molar-refractivity contribution in [3.05, 3.63) is 70.3 Å². The summed E-state index contributed by atoms with van der Waals surface area (Å²) in [6.45, 7) is 6.33. The van der Waals surface area contributed by atoms with Gasteiger partial charge in [0.2, 0.25) is 0 Å². The number of hydrogen-bond acceptors (Lipinski definition) is 4. The van der Waals surface area contributed by atoms with E-state index in [1.54, 1.807) is 6.07 Å². The van der Waals surface area contributed by atoms with Gasteiger partial charge < -0.3 is 14.9 Å². The van der Waals surface area contributed by atoms with Crippen molar-refractivity contribution in [3.8, 4) is 0 Å². The summed E-state index contributed by atoms with van der Waals surface area (Å²) in [4.78, 5) is 12.5. The molecule has 0 aliphatic heterocycles.